The van der Waals surface area contributed by atoms with Gasteiger partial charge in [-0.3, -0.25) is 0 Å². The summed E-state index contributed by atoms with van der Waals surface area (Å²) in [7, 11) is 0. The van der Waals surface area contributed by atoms with Gasteiger partial charge in [0.1, 0.15) is 5.82 Å². The maximum absolute atomic E-state index is 14.1. The van der Waals surface area contributed by atoms with Gasteiger partial charge in [-0.1, -0.05) is 18.9 Å². The summed E-state index contributed by atoms with van der Waals surface area (Å²) in [6.07, 6.45) is 5.05. The van der Waals surface area contributed by atoms with Gasteiger partial charge in [-0.2, -0.15) is 0 Å². The van der Waals surface area contributed by atoms with E-state index in [4.69, 9.17) is 5.73 Å². The number of hydrogen-bond acceptors (Lipinski definition) is 3. The van der Waals surface area contributed by atoms with E-state index in [1.807, 2.05) is 13.0 Å². The van der Waals surface area contributed by atoms with Gasteiger partial charge in [0.25, 0.3) is 0 Å². The van der Waals surface area contributed by atoms with Crippen LogP contribution in [0.5, 0.6) is 0 Å². The van der Waals surface area contributed by atoms with Crippen LogP contribution in [0.3, 0.4) is 0 Å². The molecule has 4 heteroatoms. The molecule has 0 spiro atoms. The van der Waals surface area contributed by atoms with Crippen LogP contribution in [0.2, 0.25) is 0 Å². The second kappa shape index (κ2) is 5.58. The average molecular weight is 292 g/mol. The minimum absolute atomic E-state index is 0.230. The Kier molecular flexibility index (Phi) is 3.93. The van der Waals surface area contributed by atoms with Crippen molar-refractivity contribution in [1.29, 1.82) is 0 Å². The Labute approximate surface area is 125 Å². The van der Waals surface area contributed by atoms with Crippen LogP contribution in [0, 0.1) is 11.7 Å². The lowest BCUT2D eigenvalue weighted by Gasteiger charge is -2.48. The summed E-state index contributed by atoms with van der Waals surface area (Å²) in [4.78, 5) is 2.21. The van der Waals surface area contributed by atoms with Gasteiger partial charge in [0, 0.05) is 36.3 Å². The molecule has 2 aliphatic rings. The van der Waals surface area contributed by atoms with E-state index in [-0.39, 0.29) is 11.9 Å². The molecule has 3 N–H and O–H groups in total. The normalized spacial score (nSPS) is 30.9. The van der Waals surface area contributed by atoms with E-state index in [0.717, 1.165) is 44.5 Å². The third-order valence-corrected chi connectivity index (χ3v) is 5.25. The van der Waals surface area contributed by atoms with Crippen molar-refractivity contribution in [2.45, 2.75) is 50.7 Å². The zero-order valence-electron chi connectivity index (χ0n) is 12.7. The summed E-state index contributed by atoms with van der Waals surface area (Å²) in [5.41, 5.74) is 6.96. The number of anilines is 1. The lowest BCUT2D eigenvalue weighted by Crippen LogP contribution is -2.53. The number of aliphatic hydroxyl groups is 1. The first-order valence-corrected chi connectivity index (χ1v) is 8.02. The molecule has 1 heterocycles. The predicted molar refractivity (Wildman–Crippen MR) is 82.7 cm³/mol. The average Bonchev–Trinajstić information content (AvgIpc) is 2.45. The SMILES string of the molecule is C[C@H](N)c1c(F)cccc1N1CCC2(O)CCCCC2C1. The molecular weight excluding hydrogens is 267 g/mol. The molecule has 3 atom stereocenters. The predicted octanol–water partition coefficient (Wildman–Crippen LogP) is 2.98. The molecule has 1 aliphatic carbocycles. The maximum Gasteiger partial charge on any atom is 0.130 e. The molecule has 1 aromatic carbocycles. The Balaban J connectivity index is 1.87. The number of benzene rings is 1. The number of hydrogen-bond donors (Lipinski definition) is 2. The summed E-state index contributed by atoms with van der Waals surface area (Å²) in [6.45, 7) is 3.40. The van der Waals surface area contributed by atoms with Crippen LogP contribution in [-0.2, 0) is 0 Å². The molecule has 1 saturated heterocycles. The van der Waals surface area contributed by atoms with Crippen molar-refractivity contribution in [1.82, 2.24) is 0 Å². The number of fused-ring (bicyclic) bond motifs is 1. The molecule has 0 aromatic heterocycles. The molecular formula is C17H25FN2O. The number of nitrogens with two attached hydrogens (primary N) is 1. The van der Waals surface area contributed by atoms with Gasteiger partial charge in [-0.25, -0.2) is 4.39 Å². The molecule has 1 aromatic rings. The fraction of sp³-hybridized carbons (Fsp3) is 0.647. The minimum Gasteiger partial charge on any atom is -0.389 e. The molecule has 2 fully saturated rings. The van der Waals surface area contributed by atoms with E-state index in [1.54, 1.807) is 6.07 Å². The van der Waals surface area contributed by atoms with Crippen molar-refractivity contribution in [2.75, 3.05) is 18.0 Å². The highest BCUT2D eigenvalue weighted by molar-refractivity contribution is 5.56. The smallest absolute Gasteiger partial charge is 0.130 e. The van der Waals surface area contributed by atoms with E-state index < -0.39 is 5.60 Å². The van der Waals surface area contributed by atoms with Gasteiger partial charge in [0.2, 0.25) is 0 Å². The van der Waals surface area contributed by atoms with Crippen molar-refractivity contribution >= 4 is 5.69 Å². The fourth-order valence-electron chi connectivity index (χ4n) is 4.04. The minimum atomic E-state index is -0.503. The Morgan fingerprint density at radius 2 is 2.19 bits per heavy atom. The zero-order chi connectivity index (χ0) is 15.0. The third kappa shape index (κ3) is 2.67. The summed E-state index contributed by atoms with van der Waals surface area (Å²) < 4.78 is 14.1. The number of halogens is 1. The van der Waals surface area contributed by atoms with Gasteiger partial charge in [-0.15, -0.1) is 0 Å². The van der Waals surface area contributed by atoms with E-state index in [1.165, 1.54) is 12.5 Å². The molecule has 3 rings (SSSR count). The molecule has 21 heavy (non-hydrogen) atoms. The second-order valence-electron chi connectivity index (χ2n) is 6.70. The van der Waals surface area contributed by atoms with E-state index in [0.29, 0.717) is 11.5 Å². The highest BCUT2D eigenvalue weighted by Gasteiger charge is 2.43. The molecule has 1 saturated carbocycles. The summed E-state index contributed by atoms with van der Waals surface area (Å²) in [6, 6.07) is 4.85. The van der Waals surface area contributed by atoms with Crippen LogP contribution < -0.4 is 10.6 Å². The second-order valence-corrected chi connectivity index (χ2v) is 6.70. The molecule has 116 valence electrons. The lowest BCUT2D eigenvalue weighted by molar-refractivity contribution is -0.0612. The first-order valence-electron chi connectivity index (χ1n) is 8.02. The van der Waals surface area contributed by atoms with Crippen molar-refractivity contribution in [3.8, 4) is 0 Å². The van der Waals surface area contributed by atoms with E-state index >= 15 is 0 Å². The molecule has 1 aliphatic heterocycles. The zero-order valence-corrected chi connectivity index (χ0v) is 12.7. The van der Waals surface area contributed by atoms with Crippen LogP contribution in [-0.4, -0.2) is 23.8 Å². The quantitative estimate of drug-likeness (QED) is 0.881. The summed E-state index contributed by atoms with van der Waals surface area (Å²) in [5, 5.41) is 10.8. The van der Waals surface area contributed by atoms with E-state index in [2.05, 4.69) is 4.90 Å². The molecule has 0 amide bonds. The Bertz CT molecular complexity index is 520. The Hall–Kier alpha value is -1.13. The van der Waals surface area contributed by atoms with Gasteiger partial charge < -0.3 is 15.7 Å². The van der Waals surface area contributed by atoms with Crippen LogP contribution in [0.25, 0.3) is 0 Å². The van der Waals surface area contributed by atoms with Gasteiger partial charge in [-0.05, 0) is 38.3 Å². The van der Waals surface area contributed by atoms with Gasteiger partial charge in [0.05, 0.1) is 5.60 Å². The number of nitrogens with zero attached hydrogens (tertiary/aromatic N) is 1. The third-order valence-electron chi connectivity index (χ3n) is 5.25. The Morgan fingerprint density at radius 3 is 2.95 bits per heavy atom. The molecule has 2 unspecified atom stereocenters. The largest absolute Gasteiger partial charge is 0.389 e. The molecule has 0 bridgehead atoms. The number of rotatable bonds is 2. The standard InChI is InChI=1S/C17H25FN2O/c1-12(19)16-14(18)6-4-7-15(16)20-10-9-17(21)8-3-2-5-13(17)11-20/h4,6-7,12-13,21H,2-3,5,8-11,19H2,1H3/t12-,13?,17?/m0/s1. The van der Waals surface area contributed by atoms with Crippen LogP contribution in [0.1, 0.15) is 50.6 Å². The number of piperidine rings is 1. The van der Waals surface area contributed by atoms with Crippen molar-refractivity contribution < 1.29 is 9.50 Å². The summed E-state index contributed by atoms with van der Waals surface area (Å²) >= 11 is 0. The van der Waals surface area contributed by atoms with Crippen molar-refractivity contribution in [3.05, 3.63) is 29.6 Å². The maximum atomic E-state index is 14.1. The Morgan fingerprint density at radius 1 is 1.38 bits per heavy atom. The van der Waals surface area contributed by atoms with Crippen molar-refractivity contribution in [2.24, 2.45) is 11.7 Å². The highest BCUT2D eigenvalue weighted by atomic mass is 19.1. The fourth-order valence-corrected chi connectivity index (χ4v) is 4.04. The summed E-state index contributed by atoms with van der Waals surface area (Å²) in [5.74, 6) is 0.0659. The lowest BCUT2D eigenvalue weighted by atomic mass is 9.71. The van der Waals surface area contributed by atoms with Crippen molar-refractivity contribution in [3.63, 3.8) is 0 Å². The first-order chi connectivity index (χ1) is 10.0. The molecule has 3 nitrogen and oxygen atoms in total. The van der Waals surface area contributed by atoms with Gasteiger partial charge >= 0.3 is 0 Å². The first kappa shape index (κ1) is 14.8. The van der Waals surface area contributed by atoms with Gasteiger partial charge in [0.15, 0.2) is 0 Å². The monoisotopic (exact) mass is 292 g/mol. The van der Waals surface area contributed by atoms with E-state index in [9.17, 15) is 9.50 Å². The topological polar surface area (TPSA) is 49.5 Å². The molecule has 0 radical (unpaired) electrons. The van der Waals surface area contributed by atoms with Crippen LogP contribution in [0.4, 0.5) is 10.1 Å². The van der Waals surface area contributed by atoms with Crippen LogP contribution >= 0.6 is 0 Å². The van der Waals surface area contributed by atoms with Crippen LogP contribution in [0.15, 0.2) is 18.2 Å². The highest BCUT2D eigenvalue weighted by Crippen LogP contribution is 2.42.